The van der Waals surface area contributed by atoms with Crippen LogP contribution in [0.25, 0.3) is 11.1 Å². The highest BCUT2D eigenvalue weighted by atomic mass is 32.2. The maximum Gasteiger partial charge on any atom is 0.278 e. The molecule has 2 aromatic carbocycles. The molecule has 164 valence electrons. The highest BCUT2D eigenvalue weighted by Gasteiger charge is 2.33. The van der Waals surface area contributed by atoms with Crippen molar-refractivity contribution in [2.24, 2.45) is 5.16 Å². The molecule has 0 spiro atoms. The van der Waals surface area contributed by atoms with Gasteiger partial charge in [-0.1, -0.05) is 17.3 Å². The quantitative estimate of drug-likeness (QED) is 0.500. The molecule has 0 bridgehead atoms. The van der Waals surface area contributed by atoms with Crippen LogP contribution in [0.2, 0.25) is 0 Å². The Morgan fingerprint density at radius 2 is 1.81 bits per heavy atom. The molecule has 9 heteroatoms. The lowest BCUT2D eigenvalue weighted by Gasteiger charge is -2.29. The van der Waals surface area contributed by atoms with Crippen molar-refractivity contribution in [3.05, 3.63) is 47.0 Å². The largest absolute Gasteiger partial charge is 0.410 e. The van der Waals surface area contributed by atoms with Gasteiger partial charge in [0.15, 0.2) is 5.71 Å². The molecule has 0 aromatic heterocycles. The molecule has 0 atom stereocenters. The van der Waals surface area contributed by atoms with Gasteiger partial charge in [-0.3, -0.25) is 4.79 Å². The van der Waals surface area contributed by atoms with Crippen molar-refractivity contribution in [1.82, 2.24) is 9.62 Å². The summed E-state index contributed by atoms with van der Waals surface area (Å²) in [6.07, 6.45) is 0.793. The zero-order chi connectivity index (χ0) is 22.6. The van der Waals surface area contributed by atoms with Gasteiger partial charge in [0, 0.05) is 24.2 Å². The first-order valence-corrected chi connectivity index (χ1v) is 11.5. The number of oxime groups is 1. The third-order valence-electron chi connectivity index (χ3n) is 5.45. The monoisotopic (exact) mass is 442 g/mol. The highest BCUT2D eigenvalue weighted by Crippen LogP contribution is 2.40. The van der Waals surface area contributed by atoms with Crippen LogP contribution in [-0.2, 0) is 27.8 Å². The maximum atomic E-state index is 12.6. The van der Waals surface area contributed by atoms with E-state index in [-0.39, 0.29) is 10.6 Å². The minimum atomic E-state index is -3.63. The Bertz CT molecular complexity index is 1200. The van der Waals surface area contributed by atoms with Crippen LogP contribution in [0, 0.1) is 0 Å². The molecule has 4 rings (SSSR count). The second-order valence-corrected chi connectivity index (χ2v) is 10.8. The molecule has 0 saturated heterocycles. The Kier molecular flexibility index (Phi) is 5.15. The molecule has 0 unspecified atom stereocenters. The molecule has 31 heavy (non-hydrogen) atoms. The van der Waals surface area contributed by atoms with Crippen molar-refractivity contribution in [2.45, 2.75) is 44.2 Å². The number of rotatable bonds is 3. The summed E-state index contributed by atoms with van der Waals surface area (Å²) in [4.78, 5) is 14.6. The van der Waals surface area contributed by atoms with Gasteiger partial charge in [-0.2, -0.15) is 0 Å². The summed E-state index contributed by atoms with van der Waals surface area (Å²) in [7, 11) is -1.62. The molecule has 2 heterocycles. The average Bonchev–Trinajstić information content (AvgIpc) is 3.01. The van der Waals surface area contributed by atoms with E-state index < -0.39 is 21.5 Å². The van der Waals surface area contributed by atoms with E-state index in [0.717, 1.165) is 35.2 Å². The Morgan fingerprint density at radius 3 is 2.42 bits per heavy atom. The SMILES string of the molecule is CN1CCc2c(-c3ccc(S(=O)(=O)NC(C)(C)C)cc3)cc3c(c2C1)NC(=O)/C3=N\O. The Hall–Kier alpha value is -2.75. The van der Waals surface area contributed by atoms with Crippen molar-refractivity contribution in [3.8, 4) is 11.1 Å². The number of likely N-dealkylation sites (N-methyl/N-ethyl adjacent to an activating group) is 1. The first kappa shape index (κ1) is 21.5. The lowest BCUT2D eigenvalue weighted by Crippen LogP contribution is -2.40. The fourth-order valence-electron chi connectivity index (χ4n) is 4.15. The van der Waals surface area contributed by atoms with Gasteiger partial charge in [0.25, 0.3) is 5.91 Å². The van der Waals surface area contributed by atoms with Crippen molar-refractivity contribution in [1.29, 1.82) is 0 Å². The average molecular weight is 443 g/mol. The van der Waals surface area contributed by atoms with E-state index in [4.69, 9.17) is 0 Å². The first-order chi connectivity index (χ1) is 14.5. The number of nitrogens with zero attached hydrogens (tertiary/aromatic N) is 2. The van der Waals surface area contributed by atoms with Gasteiger partial charge < -0.3 is 15.4 Å². The maximum absolute atomic E-state index is 12.6. The van der Waals surface area contributed by atoms with Crippen LogP contribution in [0.5, 0.6) is 0 Å². The van der Waals surface area contributed by atoms with Gasteiger partial charge in [-0.15, -0.1) is 0 Å². The fourth-order valence-corrected chi connectivity index (χ4v) is 5.57. The van der Waals surface area contributed by atoms with Crippen LogP contribution >= 0.6 is 0 Å². The molecule has 0 saturated carbocycles. The molecule has 0 aliphatic carbocycles. The number of fused-ring (bicyclic) bond motifs is 3. The van der Waals surface area contributed by atoms with Crippen LogP contribution in [-0.4, -0.2) is 49.3 Å². The molecular formula is C22H26N4O4S. The number of anilines is 1. The molecular weight excluding hydrogens is 416 g/mol. The second-order valence-electron chi connectivity index (χ2n) is 9.07. The van der Waals surface area contributed by atoms with E-state index in [2.05, 4.69) is 20.1 Å². The Balaban J connectivity index is 1.82. The summed E-state index contributed by atoms with van der Waals surface area (Å²) in [5, 5.41) is 15.4. The molecule has 3 N–H and O–H groups in total. The number of hydrogen-bond donors (Lipinski definition) is 3. The third-order valence-corrected chi connectivity index (χ3v) is 7.22. The van der Waals surface area contributed by atoms with Crippen LogP contribution in [0.15, 0.2) is 40.4 Å². The van der Waals surface area contributed by atoms with Crippen molar-refractivity contribution in [2.75, 3.05) is 18.9 Å². The zero-order valence-electron chi connectivity index (χ0n) is 18.0. The number of nitrogens with one attached hydrogen (secondary N) is 2. The predicted octanol–water partition coefficient (Wildman–Crippen LogP) is 2.55. The summed E-state index contributed by atoms with van der Waals surface area (Å²) in [6, 6.07) is 8.57. The molecule has 1 amide bonds. The lowest BCUT2D eigenvalue weighted by atomic mass is 9.87. The molecule has 0 fully saturated rings. The number of carbonyl (C=O) groups is 1. The Labute approximate surface area is 182 Å². The molecule has 0 radical (unpaired) electrons. The van der Waals surface area contributed by atoms with E-state index in [1.54, 1.807) is 45.0 Å². The molecule has 2 aliphatic heterocycles. The third kappa shape index (κ3) is 3.96. The standard InChI is InChI=1S/C22H26N4O4S/c1-22(2,3)25-31(29,30)14-7-5-13(6-8-14)16-11-17-19(23-21(27)20(17)24-28)18-12-26(4)10-9-15(16)18/h5-8,11,25,28H,9-10,12H2,1-4H3,(H,23,24,27). The van der Waals surface area contributed by atoms with Crippen LogP contribution in [0.3, 0.4) is 0 Å². The number of carbonyl (C=O) groups excluding carboxylic acids is 1. The van der Waals surface area contributed by atoms with Crippen LogP contribution in [0.1, 0.15) is 37.5 Å². The summed E-state index contributed by atoms with van der Waals surface area (Å²) < 4.78 is 27.9. The number of benzene rings is 2. The normalized spacial score (nSPS) is 18.1. The first-order valence-electron chi connectivity index (χ1n) is 10.1. The van der Waals surface area contributed by atoms with Crippen molar-refractivity contribution in [3.63, 3.8) is 0 Å². The van der Waals surface area contributed by atoms with E-state index in [1.807, 2.05) is 13.1 Å². The van der Waals surface area contributed by atoms with Gasteiger partial charge in [-0.25, -0.2) is 13.1 Å². The minimum absolute atomic E-state index is 0.0131. The van der Waals surface area contributed by atoms with Gasteiger partial charge in [0.05, 0.1) is 10.6 Å². The molecule has 8 nitrogen and oxygen atoms in total. The molecule has 2 aliphatic rings. The van der Waals surface area contributed by atoms with Gasteiger partial charge >= 0.3 is 0 Å². The zero-order valence-corrected chi connectivity index (χ0v) is 18.8. The summed E-state index contributed by atoms with van der Waals surface area (Å²) >= 11 is 0. The second kappa shape index (κ2) is 7.44. The van der Waals surface area contributed by atoms with E-state index >= 15 is 0 Å². The number of sulfonamides is 1. The smallest absolute Gasteiger partial charge is 0.278 e. The van der Waals surface area contributed by atoms with Crippen molar-refractivity contribution < 1.29 is 18.4 Å². The number of amides is 1. The van der Waals surface area contributed by atoms with Gasteiger partial charge in [-0.05, 0) is 74.7 Å². The van der Waals surface area contributed by atoms with Crippen molar-refractivity contribution >= 4 is 27.3 Å². The van der Waals surface area contributed by atoms with E-state index in [0.29, 0.717) is 17.8 Å². The van der Waals surface area contributed by atoms with E-state index in [9.17, 15) is 18.4 Å². The molecule has 2 aromatic rings. The summed E-state index contributed by atoms with van der Waals surface area (Å²) in [5.41, 5.74) is 4.52. The van der Waals surface area contributed by atoms with E-state index in [1.165, 1.54) is 0 Å². The fraction of sp³-hybridized carbons (Fsp3) is 0.364. The minimum Gasteiger partial charge on any atom is -0.410 e. The Morgan fingerprint density at radius 1 is 1.13 bits per heavy atom. The van der Waals surface area contributed by atoms with Gasteiger partial charge in [0.1, 0.15) is 0 Å². The van der Waals surface area contributed by atoms with Gasteiger partial charge in [0.2, 0.25) is 10.0 Å². The lowest BCUT2D eigenvalue weighted by molar-refractivity contribution is -0.110. The van der Waals surface area contributed by atoms with Crippen LogP contribution in [0.4, 0.5) is 5.69 Å². The summed E-state index contributed by atoms with van der Waals surface area (Å²) in [5.74, 6) is -0.431. The topological polar surface area (TPSA) is 111 Å². The highest BCUT2D eigenvalue weighted by molar-refractivity contribution is 7.89. The number of hydrogen-bond acceptors (Lipinski definition) is 6. The van der Waals surface area contributed by atoms with Crippen LogP contribution < -0.4 is 10.0 Å². The predicted molar refractivity (Wildman–Crippen MR) is 119 cm³/mol. The summed E-state index contributed by atoms with van der Waals surface area (Å²) in [6.45, 7) is 6.91.